The quantitative estimate of drug-likeness (QED) is 0.698. The van der Waals surface area contributed by atoms with Crippen molar-refractivity contribution in [2.24, 2.45) is 0 Å². The van der Waals surface area contributed by atoms with E-state index < -0.39 is 0 Å². The van der Waals surface area contributed by atoms with Crippen LogP contribution in [0.5, 0.6) is 0 Å². The molecule has 1 heterocycles. The molecular weight excluding hydrogens is 188 g/mol. The molecule has 3 heteroatoms. The molecule has 0 amide bonds. The Hall–Kier alpha value is -0.120. The van der Waals surface area contributed by atoms with E-state index in [4.69, 9.17) is 5.11 Å². The van der Waals surface area contributed by atoms with E-state index in [2.05, 4.69) is 17.1 Å². The van der Waals surface area contributed by atoms with Crippen LogP contribution in [0.1, 0.15) is 39.5 Å². The molecule has 0 spiro atoms. The highest BCUT2D eigenvalue weighted by molar-refractivity contribution is 4.76. The van der Waals surface area contributed by atoms with Gasteiger partial charge in [0, 0.05) is 6.04 Å². The zero-order chi connectivity index (χ0) is 11.1. The highest BCUT2D eigenvalue weighted by Crippen LogP contribution is 2.10. The number of aliphatic hydroxyl groups excluding tert-OH is 1. The van der Waals surface area contributed by atoms with Crippen LogP contribution in [-0.2, 0) is 0 Å². The van der Waals surface area contributed by atoms with Gasteiger partial charge in [0.1, 0.15) is 0 Å². The smallest absolute Gasteiger partial charge is 0.0524 e. The summed E-state index contributed by atoms with van der Waals surface area (Å²) in [6, 6.07) is 0.678. The first-order valence-corrected chi connectivity index (χ1v) is 6.36. The Balaban J connectivity index is 2.04. The molecule has 15 heavy (non-hydrogen) atoms. The van der Waals surface area contributed by atoms with Gasteiger partial charge in [-0.25, -0.2) is 0 Å². The number of hydrogen-bond acceptors (Lipinski definition) is 3. The third kappa shape index (κ3) is 5.50. The van der Waals surface area contributed by atoms with Crippen LogP contribution in [0.4, 0.5) is 0 Å². The molecule has 0 aromatic rings. The summed E-state index contributed by atoms with van der Waals surface area (Å²) in [5, 5.41) is 12.7. The molecule has 1 aliphatic rings. The van der Waals surface area contributed by atoms with E-state index in [1.165, 1.54) is 38.9 Å². The molecule has 2 N–H and O–H groups in total. The van der Waals surface area contributed by atoms with E-state index in [9.17, 15) is 0 Å². The van der Waals surface area contributed by atoms with Gasteiger partial charge in [-0.2, -0.15) is 0 Å². The van der Waals surface area contributed by atoms with E-state index in [0.717, 1.165) is 13.0 Å². The number of nitrogens with zero attached hydrogens (tertiary/aromatic N) is 1. The van der Waals surface area contributed by atoms with E-state index in [1.54, 1.807) is 0 Å². The summed E-state index contributed by atoms with van der Waals surface area (Å²) in [6.07, 6.45) is 4.49. The fraction of sp³-hybridized carbons (Fsp3) is 1.00. The molecule has 0 aromatic heterocycles. The number of rotatable bonds is 6. The first-order chi connectivity index (χ1) is 7.22. The first-order valence-electron chi connectivity index (χ1n) is 6.36. The van der Waals surface area contributed by atoms with Crippen molar-refractivity contribution in [2.75, 3.05) is 26.2 Å². The van der Waals surface area contributed by atoms with Crippen LogP contribution < -0.4 is 5.32 Å². The molecule has 1 aliphatic heterocycles. The SMILES string of the molecule is CCCN1CCC(NCC[C@@H](C)O)CC1. The number of likely N-dealkylation sites (tertiary alicyclic amines) is 1. The summed E-state index contributed by atoms with van der Waals surface area (Å²) in [5.74, 6) is 0. The van der Waals surface area contributed by atoms with Crippen LogP contribution >= 0.6 is 0 Å². The standard InChI is InChI=1S/C12H26N2O/c1-3-8-14-9-5-12(6-10-14)13-7-4-11(2)15/h11-13,15H,3-10H2,1-2H3/t11-/m1/s1. The van der Waals surface area contributed by atoms with Gasteiger partial charge in [-0.15, -0.1) is 0 Å². The lowest BCUT2D eigenvalue weighted by Gasteiger charge is -2.32. The maximum absolute atomic E-state index is 9.15. The molecular formula is C12H26N2O. The number of aliphatic hydroxyl groups is 1. The van der Waals surface area contributed by atoms with Crippen molar-refractivity contribution < 1.29 is 5.11 Å². The Morgan fingerprint density at radius 1 is 1.40 bits per heavy atom. The normalized spacial score (nSPS) is 21.8. The molecule has 90 valence electrons. The van der Waals surface area contributed by atoms with Gasteiger partial charge in [0.15, 0.2) is 0 Å². The lowest BCUT2D eigenvalue weighted by molar-refractivity contribution is 0.171. The van der Waals surface area contributed by atoms with Gasteiger partial charge in [0.05, 0.1) is 6.10 Å². The van der Waals surface area contributed by atoms with Crippen LogP contribution in [0.25, 0.3) is 0 Å². The van der Waals surface area contributed by atoms with Crippen molar-refractivity contribution in [2.45, 2.75) is 51.7 Å². The zero-order valence-corrected chi connectivity index (χ0v) is 10.2. The molecule has 3 nitrogen and oxygen atoms in total. The van der Waals surface area contributed by atoms with Gasteiger partial charge in [0.25, 0.3) is 0 Å². The summed E-state index contributed by atoms with van der Waals surface area (Å²) in [6.45, 7) is 8.77. The minimum absolute atomic E-state index is 0.169. The van der Waals surface area contributed by atoms with Crippen molar-refractivity contribution in [3.05, 3.63) is 0 Å². The Kier molecular flexibility index (Phi) is 6.22. The van der Waals surface area contributed by atoms with E-state index >= 15 is 0 Å². The first kappa shape index (κ1) is 12.9. The zero-order valence-electron chi connectivity index (χ0n) is 10.2. The second-order valence-corrected chi connectivity index (χ2v) is 4.71. The Morgan fingerprint density at radius 2 is 2.07 bits per heavy atom. The topological polar surface area (TPSA) is 35.5 Å². The van der Waals surface area contributed by atoms with Gasteiger partial charge < -0.3 is 15.3 Å². The average Bonchev–Trinajstić information content (AvgIpc) is 2.20. The largest absolute Gasteiger partial charge is 0.393 e. The van der Waals surface area contributed by atoms with Crippen molar-refractivity contribution in [1.82, 2.24) is 10.2 Å². The van der Waals surface area contributed by atoms with Crippen molar-refractivity contribution in [3.8, 4) is 0 Å². The maximum atomic E-state index is 9.15. The maximum Gasteiger partial charge on any atom is 0.0524 e. The van der Waals surface area contributed by atoms with Crippen LogP contribution in [0, 0.1) is 0 Å². The fourth-order valence-corrected chi connectivity index (χ4v) is 2.17. The third-order valence-corrected chi connectivity index (χ3v) is 3.12. The Bertz CT molecular complexity index is 154. The molecule has 0 aromatic carbocycles. The molecule has 0 unspecified atom stereocenters. The summed E-state index contributed by atoms with van der Waals surface area (Å²) in [4.78, 5) is 2.55. The van der Waals surface area contributed by atoms with Crippen LogP contribution in [0.2, 0.25) is 0 Å². The van der Waals surface area contributed by atoms with E-state index in [0.29, 0.717) is 6.04 Å². The lowest BCUT2D eigenvalue weighted by atomic mass is 10.0. The molecule has 1 saturated heterocycles. The summed E-state index contributed by atoms with van der Waals surface area (Å²) >= 11 is 0. The van der Waals surface area contributed by atoms with Crippen molar-refractivity contribution >= 4 is 0 Å². The summed E-state index contributed by atoms with van der Waals surface area (Å²) < 4.78 is 0. The predicted octanol–water partition coefficient (Wildman–Crippen LogP) is 1.22. The minimum Gasteiger partial charge on any atom is -0.393 e. The van der Waals surface area contributed by atoms with Crippen LogP contribution in [0.15, 0.2) is 0 Å². The highest BCUT2D eigenvalue weighted by atomic mass is 16.3. The van der Waals surface area contributed by atoms with Gasteiger partial charge in [0.2, 0.25) is 0 Å². The van der Waals surface area contributed by atoms with Crippen molar-refractivity contribution in [1.29, 1.82) is 0 Å². The summed E-state index contributed by atoms with van der Waals surface area (Å²) in [7, 11) is 0. The Labute approximate surface area is 93.9 Å². The highest BCUT2D eigenvalue weighted by Gasteiger charge is 2.17. The summed E-state index contributed by atoms with van der Waals surface area (Å²) in [5.41, 5.74) is 0. The fourth-order valence-electron chi connectivity index (χ4n) is 2.17. The van der Waals surface area contributed by atoms with Crippen LogP contribution in [-0.4, -0.2) is 48.3 Å². The molecule has 0 bridgehead atoms. The third-order valence-electron chi connectivity index (χ3n) is 3.12. The van der Waals surface area contributed by atoms with Gasteiger partial charge >= 0.3 is 0 Å². The van der Waals surface area contributed by atoms with Gasteiger partial charge in [-0.3, -0.25) is 0 Å². The second-order valence-electron chi connectivity index (χ2n) is 4.71. The molecule has 1 fully saturated rings. The van der Waals surface area contributed by atoms with Crippen molar-refractivity contribution in [3.63, 3.8) is 0 Å². The van der Waals surface area contributed by atoms with Gasteiger partial charge in [-0.1, -0.05) is 6.92 Å². The minimum atomic E-state index is -0.169. The van der Waals surface area contributed by atoms with Crippen LogP contribution in [0.3, 0.4) is 0 Å². The number of nitrogens with one attached hydrogen (secondary N) is 1. The monoisotopic (exact) mass is 214 g/mol. The molecule has 0 aliphatic carbocycles. The number of piperidine rings is 1. The van der Waals surface area contributed by atoms with E-state index in [1.807, 2.05) is 6.92 Å². The Morgan fingerprint density at radius 3 is 2.60 bits per heavy atom. The lowest BCUT2D eigenvalue weighted by Crippen LogP contribution is -2.43. The molecule has 1 rings (SSSR count). The molecule has 0 radical (unpaired) electrons. The molecule has 0 saturated carbocycles. The molecule has 1 atom stereocenters. The predicted molar refractivity (Wildman–Crippen MR) is 64.1 cm³/mol. The average molecular weight is 214 g/mol. The number of hydrogen-bond donors (Lipinski definition) is 2. The van der Waals surface area contributed by atoms with Gasteiger partial charge in [-0.05, 0) is 58.8 Å². The second kappa shape index (κ2) is 7.20. The van der Waals surface area contributed by atoms with E-state index in [-0.39, 0.29) is 6.10 Å².